The van der Waals surface area contributed by atoms with Gasteiger partial charge in [-0.3, -0.25) is 4.90 Å². The third-order valence-electron chi connectivity index (χ3n) is 2.92. The van der Waals surface area contributed by atoms with E-state index in [0.717, 1.165) is 38.2 Å². The average molecular weight is 286 g/mol. The smallest absolute Gasteiger partial charge is 0.120 e. The van der Waals surface area contributed by atoms with Gasteiger partial charge in [0.05, 0.1) is 16.7 Å². The van der Waals surface area contributed by atoms with E-state index in [-0.39, 0.29) is 0 Å². The lowest BCUT2D eigenvalue weighted by Gasteiger charge is -2.22. The molecule has 1 heterocycles. The average Bonchev–Trinajstić information content (AvgIpc) is 2.40. The van der Waals surface area contributed by atoms with Crippen LogP contribution in [0, 0.1) is 0 Å². The van der Waals surface area contributed by atoms with Crippen molar-refractivity contribution in [2.24, 2.45) is 0 Å². The number of ether oxygens (including phenoxy) is 1. The maximum atomic E-state index is 5.92. The molecule has 1 aromatic rings. The van der Waals surface area contributed by atoms with Crippen molar-refractivity contribution in [3.05, 3.63) is 40.4 Å². The summed E-state index contributed by atoms with van der Waals surface area (Å²) in [5.74, 6) is 0.780. The molecule has 98 valence electrons. The number of rotatable bonds is 5. The fourth-order valence-corrected chi connectivity index (χ4v) is 2.23. The number of nitrogens with zero attached hydrogens (tertiary/aromatic N) is 1. The van der Waals surface area contributed by atoms with E-state index in [4.69, 9.17) is 27.9 Å². The van der Waals surface area contributed by atoms with Crippen LogP contribution in [0.4, 0.5) is 0 Å². The van der Waals surface area contributed by atoms with Gasteiger partial charge in [0.25, 0.3) is 0 Å². The first-order valence-corrected chi connectivity index (χ1v) is 6.96. The Morgan fingerprint density at radius 3 is 2.78 bits per heavy atom. The van der Waals surface area contributed by atoms with E-state index >= 15 is 0 Å². The van der Waals surface area contributed by atoms with Crippen LogP contribution in [0.3, 0.4) is 0 Å². The van der Waals surface area contributed by atoms with E-state index in [9.17, 15) is 0 Å². The molecule has 0 radical (unpaired) electrons. The summed E-state index contributed by atoms with van der Waals surface area (Å²) in [6, 6.07) is 5.36. The fourth-order valence-electron chi connectivity index (χ4n) is 1.94. The molecule has 0 fully saturated rings. The van der Waals surface area contributed by atoms with Gasteiger partial charge in [0.1, 0.15) is 5.75 Å². The quantitative estimate of drug-likeness (QED) is 0.598. The lowest BCUT2D eigenvalue weighted by molar-refractivity contribution is 0.247. The van der Waals surface area contributed by atoms with Crippen molar-refractivity contribution in [3.8, 4) is 5.75 Å². The van der Waals surface area contributed by atoms with E-state index in [1.807, 2.05) is 6.07 Å². The van der Waals surface area contributed by atoms with Gasteiger partial charge in [-0.1, -0.05) is 35.4 Å². The van der Waals surface area contributed by atoms with Gasteiger partial charge < -0.3 is 4.74 Å². The van der Waals surface area contributed by atoms with E-state index in [2.05, 4.69) is 17.1 Å². The Hall–Kier alpha value is -0.700. The topological polar surface area (TPSA) is 12.5 Å². The van der Waals surface area contributed by atoms with Gasteiger partial charge in [-0.15, -0.1) is 0 Å². The number of halogens is 2. The first kappa shape index (κ1) is 13.7. The van der Waals surface area contributed by atoms with Gasteiger partial charge in [-0.2, -0.15) is 0 Å². The number of hydrogen-bond donors (Lipinski definition) is 0. The molecule has 0 spiro atoms. The molecule has 18 heavy (non-hydrogen) atoms. The molecule has 0 N–H and O–H groups in total. The molecule has 0 unspecified atom stereocenters. The monoisotopic (exact) mass is 285 g/mol. The largest absolute Gasteiger partial charge is 0.493 e. The zero-order valence-corrected chi connectivity index (χ0v) is 11.8. The zero-order chi connectivity index (χ0) is 12.8. The van der Waals surface area contributed by atoms with Gasteiger partial charge in [0, 0.05) is 25.7 Å². The maximum Gasteiger partial charge on any atom is 0.120 e. The highest BCUT2D eigenvalue weighted by Gasteiger charge is 2.05. The summed E-state index contributed by atoms with van der Waals surface area (Å²) in [5, 5.41) is 1.10. The third kappa shape index (κ3) is 4.20. The van der Waals surface area contributed by atoms with Crippen molar-refractivity contribution in [2.45, 2.75) is 12.8 Å². The highest BCUT2D eigenvalue weighted by Crippen LogP contribution is 2.26. The number of benzene rings is 1. The lowest BCUT2D eigenvalue weighted by atomic mass is 10.2. The van der Waals surface area contributed by atoms with Crippen LogP contribution in [0.5, 0.6) is 5.75 Å². The summed E-state index contributed by atoms with van der Waals surface area (Å²) < 4.78 is 5.65. The van der Waals surface area contributed by atoms with E-state index in [0.29, 0.717) is 16.7 Å². The summed E-state index contributed by atoms with van der Waals surface area (Å²) in [6.07, 6.45) is 6.65. The van der Waals surface area contributed by atoms with Gasteiger partial charge in [-0.25, -0.2) is 0 Å². The Morgan fingerprint density at radius 1 is 1.17 bits per heavy atom. The van der Waals surface area contributed by atoms with Crippen LogP contribution in [-0.2, 0) is 0 Å². The van der Waals surface area contributed by atoms with Gasteiger partial charge in [-0.05, 0) is 25.0 Å². The molecule has 0 saturated carbocycles. The maximum absolute atomic E-state index is 5.92. The van der Waals surface area contributed by atoms with Crippen molar-refractivity contribution in [1.82, 2.24) is 4.90 Å². The Morgan fingerprint density at radius 2 is 2.06 bits per heavy atom. The highest BCUT2D eigenvalue weighted by atomic mass is 35.5. The molecular weight excluding hydrogens is 269 g/mol. The fraction of sp³-hybridized carbons (Fsp3) is 0.429. The summed E-state index contributed by atoms with van der Waals surface area (Å²) in [7, 11) is 0. The van der Waals surface area contributed by atoms with Crippen molar-refractivity contribution in [2.75, 3.05) is 26.2 Å². The van der Waals surface area contributed by atoms with Crippen LogP contribution in [0.2, 0.25) is 10.0 Å². The SMILES string of the molecule is Clc1ccc(OCCCN2CC=CCC2)cc1Cl. The van der Waals surface area contributed by atoms with Crippen molar-refractivity contribution >= 4 is 23.2 Å². The van der Waals surface area contributed by atoms with E-state index in [1.165, 1.54) is 0 Å². The molecule has 0 aliphatic carbocycles. The van der Waals surface area contributed by atoms with Gasteiger partial charge in [0.15, 0.2) is 0 Å². The molecule has 2 nitrogen and oxygen atoms in total. The highest BCUT2D eigenvalue weighted by molar-refractivity contribution is 6.42. The predicted octanol–water partition coefficient (Wildman–Crippen LogP) is 4.02. The first-order valence-electron chi connectivity index (χ1n) is 6.21. The van der Waals surface area contributed by atoms with Crippen LogP contribution < -0.4 is 4.74 Å². The zero-order valence-electron chi connectivity index (χ0n) is 10.2. The van der Waals surface area contributed by atoms with Crippen molar-refractivity contribution < 1.29 is 4.74 Å². The molecule has 1 aromatic carbocycles. The van der Waals surface area contributed by atoms with Crippen LogP contribution >= 0.6 is 23.2 Å². The molecule has 0 atom stereocenters. The molecule has 0 bridgehead atoms. The Bertz CT molecular complexity index is 420. The minimum Gasteiger partial charge on any atom is -0.493 e. The molecule has 1 aliphatic rings. The van der Waals surface area contributed by atoms with Gasteiger partial charge >= 0.3 is 0 Å². The Kier molecular flexibility index (Phi) is 5.36. The summed E-state index contributed by atoms with van der Waals surface area (Å²) in [6.45, 7) is 4.00. The van der Waals surface area contributed by atoms with Crippen LogP contribution in [0.15, 0.2) is 30.4 Å². The van der Waals surface area contributed by atoms with Crippen LogP contribution in [0.1, 0.15) is 12.8 Å². The van der Waals surface area contributed by atoms with Crippen molar-refractivity contribution in [1.29, 1.82) is 0 Å². The molecule has 1 aliphatic heterocycles. The Labute approximate surface area is 118 Å². The predicted molar refractivity (Wildman–Crippen MR) is 76.8 cm³/mol. The third-order valence-corrected chi connectivity index (χ3v) is 3.66. The molecule has 2 rings (SSSR count). The summed E-state index contributed by atoms with van der Waals surface area (Å²) in [5.41, 5.74) is 0. The second-order valence-corrected chi connectivity index (χ2v) is 5.15. The molecule has 0 aromatic heterocycles. The minimum atomic E-state index is 0.537. The van der Waals surface area contributed by atoms with Crippen LogP contribution in [0.25, 0.3) is 0 Å². The van der Waals surface area contributed by atoms with Gasteiger partial charge in [0.2, 0.25) is 0 Å². The molecular formula is C14H17Cl2NO. The Balaban J connectivity index is 1.68. The molecule has 0 saturated heterocycles. The van der Waals surface area contributed by atoms with E-state index < -0.39 is 0 Å². The van der Waals surface area contributed by atoms with E-state index in [1.54, 1.807) is 12.1 Å². The molecule has 4 heteroatoms. The minimum absolute atomic E-state index is 0.537. The second-order valence-electron chi connectivity index (χ2n) is 4.34. The summed E-state index contributed by atoms with van der Waals surface area (Å²) >= 11 is 11.8. The first-order chi connectivity index (χ1) is 8.75. The van der Waals surface area contributed by atoms with Crippen LogP contribution in [-0.4, -0.2) is 31.1 Å². The number of hydrogen-bond acceptors (Lipinski definition) is 2. The van der Waals surface area contributed by atoms with Crippen molar-refractivity contribution in [3.63, 3.8) is 0 Å². The second kappa shape index (κ2) is 7.03. The summed E-state index contributed by atoms with van der Waals surface area (Å²) in [4.78, 5) is 2.43. The standard InChI is InChI=1S/C14H17Cl2NO/c15-13-6-5-12(11-14(13)16)18-10-4-9-17-7-2-1-3-8-17/h1-2,5-6,11H,3-4,7-10H2. The normalized spacial score (nSPS) is 15.9. The molecule has 0 amide bonds. The lowest BCUT2D eigenvalue weighted by Crippen LogP contribution is -2.29.